The molecule has 0 N–H and O–H groups in total. The highest BCUT2D eigenvalue weighted by atomic mass is 32.1. The fourth-order valence-corrected chi connectivity index (χ4v) is 2.38. The molecule has 0 heterocycles. The third-order valence-electron chi connectivity index (χ3n) is 3.25. The summed E-state index contributed by atoms with van der Waals surface area (Å²) < 4.78 is 0. The van der Waals surface area contributed by atoms with Crippen molar-refractivity contribution in [3.63, 3.8) is 0 Å². The maximum Gasteiger partial charge on any atom is 0.0156 e. The molecule has 0 aromatic heterocycles. The summed E-state index contributed by atoms with van der Waals surface area (Å²) in [5.41, 5.74) is 8.55. The maximum atomic E-state index is 5.39. The molecular formula is C19H30S. The Morgan fingerprint density at radius 3 is 2.20 bits per heavy atom. The van der Waals surface area contributed by atoms with E-state index in [0.717, 1.165) is 17.7 Å². The van der Waals surface area contributed by atoms with Crippen molar-refractivity contribution < 1.29 is 0 Å². The minimum atomic E-state index is 1.02. The predicted molar refractivity (Wildman–Crippen MR) is 96.4 cm³/mol. The van der Waals surface area contributed by atoms with E-state index in [9.17, 15) is 0 Å². The molecule has 0 saturated carbocycles. The Labute approximate surface area is 131 Å². The Kier molecular flexibility index (Phi) is 10.3. The number of rotatable bonds is 8. The van der Waals surface area contributed by atoms with Crippen LogP contribution in [0.25, 0.3) is 0 Å². The molecule has 0 aliphatic carbocycles. The third kappa shape index (κ3) is 9.07. The Hall–Kier alpha value is -0.910. The zero-order chi connectivity index (χ0) is 15.5. The van der Waals surface area contributed by atoms with Crippen molar-refractivity contribution in [2.75, 3.05) is 0 Å². The molecule has 0 fully saturated rings. The highest BCUT2D eigenvalue weighted by Gasteiger charge is 2.03. The molecule has 0 amide bonds. The monoisotopic (exact) mass is 290 g/mol. The molecule has 20 heavy (non-hydrogen) atoms. The number of hydrogen-bond donors (Lipinski definition) is 0. The number of hydrogen-bond acceptors (Lipinski definition) is 1. The van der Waals surface area contributed by atoms with Gasteiger partial charge in [0.25, 0.3) is 0 Å². The van der Waals surface area contributed by atoms with E-state index >= 15 is 0 Å². The Morgan fingerprint density at radius 1 is 1.05 bits per heavy atom. The maximum absolute atomic E-state index is 5.39. The van der Waals surface area contributed by atoms with E-state index < -0.39 is 0 Å². The molecule has 0 bridgehead atoms. The summed E-state index contributed by atoms with van der Waals surface area (Å²) in [5, 5.41) is 0. The molecule has 0 radical (unpaired) electrons. The number of thiocarbonyl (C=S) groups is 1. The molecule has 0 nitrogen and oxygen atoms in total. The predicted octanol–water partition coefficient (Wildman–Crippen LogP) is 6.73. The average Bonchev–Trinajstić information content (AvgIpc) is 2.35. The van der Waals surface area contributed by atoms with E-state index in [4.69, 9.17) is 12.2 Å². The minimum Gasteiger partial charge on any atom is -0.122 e. The van der Waals surface area contributed by atoms with Gasteiger partial charge in [-0.15, -0.1) is 5.73 Å². The van der Waals surface area contributed by atoms with Gasteiger partial charge in [-0.2, -0.15) is 0 Å². The molecule has 0 aromatic rings. The lowest BCUT2D eigenvalue weighted by atomic mass is 9.99. The van der Waals surface area contributed by atoms with E-state index in [0.29, 0.717) is 0 Å². The quantitative estimate of drug-likeness (QED) is 0.119. The van der Waals surface area contributed by atoms with Crippen molar-refractivity contribution >= 4 is 17.1 Å². The van der Waals surface area contributed by atoms with Gasteiger partial charge < -0.3 is 0 Å². The highest BCUT2D eigenvalue weighted by molar-refractivity contribution is 7.80. The number of unbranched alkanes of at least 4 members (excludes halogenated alkanes) is 1. The summed E-state index contributed by atoms with van der Waals surface area (Å²) in [5.74, 6) is 0. The van der Waals surface area contributed by atoms with Crippen LogP contribution in [-0.4, -0.2) is 4.86 Å². The van der Waals surface area contributed by atoms with Crippen LogP contribution in [0, 0.1) is 0 Å². The van der Waals surface area contributed by atoms with Gasteiger partial charge in [-0.05, 0) is 83.1 Å². The fourth-order valence-electron chi connectivity index (χ4n) is 2.11. The molecular weight excluding hydrogens is 260 g/mol. The van der Waals surface area contributed by atoms with Crippen LogP contribution in [0.2, 0.25) is 0 Å². The third-order valence-corrected chi connectivity index (χ3v) is 3.49. The minimum absolute atomic E-state index is 1.02. The summed E-state index contributed by atoms with van der Waals surface area (Å²) in [4.78, 5) is 1.02. The highest BCUT2D eigenvalue weighted by Crippen LogP contribution is 2.17. The lowest BCUT2D eigenvalue weighted by molar-refractivity contribution is 0.827. The normalized spacial score (nSPS) is 12.6. The van der Waals surface area contributed by atoms with Crippen LogP contribution in [0.4, 0.5) is 0 Å². The van der Waals surface area contributed by atoms with E-state index in [1.165, 1.54) is 41.6 Å². The zero-order valence-corrected chi connectivity index (χ0v) is 14.9. The van der Waals surface area contributed by atoms with Gasteiger partial charge in [-0.1, -0.05) is 37.2 Å². The van der Waals surface area contributed by atoms with Gasteiger partial charge in [-0.3, -0.25) is 0 Å². The lowest BCUT2D eigenvalue weighted by Gasteiger charge is -2.08. The average molecular weight is 291 g/mol. The fraction of sp³-hybridized carbons (Fsp3) is 0.579. The van der Waals surface area contributed by atoms with Crippen LogP contribution in [0.5, 0.6) is 0 Å². The SMILES string of the molecule is CCC/C(C)=C/CCC/C(C(C)=S)=C(/C)C=C=C(C)C. The Morgan fingerprint density at radius 2 is 1.70 bits per heavy atom. The van der Waals surface area contributed by atoms with Crippen molar-refractivity contribution in [2.45, 2.75) is 73.6 Å². The van der Waals surface area contributed by atoms with E-state index in [1.54, 1.807) is 0 Å². The van der Waals surface area contributed by atoms with Gasteiger partial charge in [-0.25, -0.2) is 0 Å². The standard InChI is InChI=1S/C19H30S/c1-7-10-16(4)11-8-9-12-19(18(6)20)17(5)14-13-15(2)3/h11,14H,7-10,12H2,1-6H3/b16-11+,19-17+. The second-order valence-corrected chi connectivity index (χ2v) is 6.31. The molecule has 0 aliphatic heterocycles. The van der Waals surface area contributed by atoms with Crippen molar-refractivity contribution in [1.82, 2.24) is 0 Å². The van der Waals surface area contributed by atoms with Gasteiger partial charge in [0.2, 0.25) is 0 Å². The summed E-state index contributed by atoms with van der Waals surface area (Å²) in [7, 11) is 0. The van der Waals surface area contributed by atoms with Gasteiger partial charge >= 0.3 is 0 Å². The van der Waals surface area contributed by atoms with Crippen LogP contribution in [0.3, 0.4) is 0 Å². The Bertz CT molecular complexity index is 436. The van der Waals surface area contributed by atoms with Crippen LogP contribution < -0.4 is 0 Å². The van der Waals surface area contributed by atoms with Crippen molar-refractivity contribution in [3.8, 4) is 0 Å². The second kappa shape index (κ2) is 10.8. The zero-order valence-electron chi connectivity index (χ0n) is 14.1. The molecule has 1 heteroatoms. The van der Waals surface area contributed by atoms with E-state index in [-0.39, 0.29) is 0 Å². The number of allylic oxidation sites excluding steroid dienone is 5. The van der Waals surface area contributed by atoms with Crippen molar-refractivity contribution in [2.24, 2.45) is 0 Å². The van der Waals surface area contributed by atoms with Gasteiger partial charge in [0.1, 0.15) is 0 Å². The first-order chi connectivity index (χ1) is 9.38. The first kappa shape index (κ1) is 19.1. The largest absolute Gasteiger partial charge is 0.122 e. The molecule has 0 aromatic carbocycles. The van der Waals surface area contributed by atoms with Gasteiger partial charge in [0.05, 0.1) is 0 Å². The second-order valence-electron chi connectivity index (χ2n) is 5.70. The van der Waals surface area contributed by atoms with Crippen LogP contribution >= 0.6 is 12.2 Å². The first-order valence-corrected chi connectivity index (χ1v) is 8.05. The molecule has 0 unspecified atom stereocenters. The first-order valence-electron chi connectivity index (χ1n) is 7.64. The topological polar surface area (TPSA) is 0 Å². The lowest BCUT2D eigenvalue weighted by Crippen LogP contribution is -1.97. The molecule has 0 rings (SSSR count). The van der Waals surface area contributed by atoms with Gasteiger partial charge in [0, 0.05) is 4.86 Å². The molecule has 0 aliphatic rings. The summed E-state index contributed by atoms with van der Waals surface area (Å²) >= 11 is 5.39. The molecule has 0 spiro atoms. The van der Waals surface area contributed by atoms with Gasteiger partial charge in [0.15, 0.2) is 0 Å². The Balaban J connectivity index is 4.66. The summed E-state index contributed by atoms with van der Waals surface area (Å²) in [6.07, 6.45) is 10.3. The van der Waals surface area contributed by atoms with E-state index in [2.05, 4.69) is 52.5 Å². The van der Waals surface area contributed by atoms with Crippen LogP contribution in [0.1, 0.15) is 73.6 Å². The summed E-state index contributed by atoms with van der Waals surface area (Å²) in [6.45, 7) is 12.8. The summed E-state index contributed by atoms with van der Waals surface area (Å²) in [6, 6.07) is 0. The van der Waals surface area contributed by atoms with E-state index in [1.807, 2.05) is 6.92 Å². The molecule has 0 saturated heterocycles. The molecule has 0 atom stereocenters. The molecule has 112 valence electrons. The smallest absolute Gasteiger partial charge is 0.0156 e. The van der Waals surface area contributed by atoms with Crippen LogP contribution in [-0.2, 0) is 0 Å². The van der Waals surface area contributed by atoms with Crippen molar-refractivity contribution in [3.05, 3.63) is 40.2 Å². The van der Waals surface area contributed by atoms with Crippen molar-refractivity contribution in [1.29, 1.82) is 0 Å². The van der Waals surface area contributed by atoms with Crippen LogP contribution in [0.15, 0.2) is 40.2 Å².